The first kappa shape index (κ1) is 19.3. The van der Waals surface area contributed by atoms with Crippen LogP contribution in [0.4, 0.5) is 10.8 Å². The van der Waals surface area contributed by atoms with Gasteiger partial charge < -0.3 is 20.1 Å². The second-order valence-electron chi connectivity index (χ2n) is 5.52. The molecule has 0 radical (unpaired) electrons. The number of hydrogen-bond acceptors (Lipinski definition) is 8. The van der Waals surface area contributed by atoms with Crippen LogP contribution in [0.5, 0.6) is 11.5 Å². The van der Waals surface area contributed by atoms with Gasteiger partial charge in [0.2, 0.25) is 11.0 Å². The molecule has 1 heterocycles. The Morgan fingerprint density at radius 1 is 1.12 bits per heavy atom. The predicted molar refractivity (Wildman–Crippen MR) is 102 cm³/mol. The summed E-state index contributed by atoms with van der Waals surface area (Å²) in [6, 6.07) is 5.52. The molecule has 0 aliphatic heterocycles. The van der Waals surface area contributed by atoms with Crippen molar-refractivity contribution in [1.29, 1.82) is 0 Å². The van der Waals surface area contributed by atoms with Crippen LogP contribution < -0.4 is 20.1 Å². The number of anilines is 2. The van der Waals surface area contributed by atoms with Crippen LogP contribution >= 0.6 is 23.1 Å². The lowest BCUT2D eigenvalue weighted by molar-refractivity contribution is -0.115. The molecule has 1 atom stereocenters. The molecule has 0 spiro atoms. The number of aromatic nitrogens is 2. The minimum atomic E-state index is -0.322. The van der Waals surface area contributed by atoms with Crippen LogP contribution in [-0.2, 0) is 4.79 Å². The molecule has 1 unspecified atom stereocenters. The Morgan fingerprint density at radius 3 is 2.32 bits per heavy atom. The smallest absolute Gasteiger partial charge is 0.237 e. The summed E-state index contributed by atoms with van der Waals surface area (Å²) in [6.45, 7) is 5.90. The Hall–Kier alpha value is -2.00. The highest BCUT2D eigenvalue weighted by molar-refractivity contribution is 8.02. The first-order chi connectivity index (χ1) is 11.9. The van der Waals surface area contributed by atoms with Gasteiger partial charge in [0.1, 0.15) is 11.5 Å². The molecular formula is C16H22N4O3S2. The number of nitrogens with zero attached hydrogens (tertiary/aromatic N) is 2. The molecule has 2 rings (SSSR count). The summed E-state index contributed by atoms with van der Waals surface area (Å²) in [5, 5.41) is 14.7. The zero-order chi connectivity index (χ0) is 18.4. The summed E-state index contributed by atoms with van der Waals surface area (Å²) in [6.07, 6.45) is 0. The van der Waals surface area contributed by atoms with Gasteiger partial charge >= 0.3 is 0 Å². The van der Waals surface area contributed by atoms with Crippen LogP contribution in [0.2, 0.25) is 0 Å². The highest BCUT2D eigenvalue weighted by Gasteiger charge is 2.18. The van der Waals surface area contributed by atoms with E-state index in [-0.39, 0.29) is 17.2 Å². The summed E-state index contributed by atoms with van der Waals surface area (Å²) in [7, 11) is 3.13. The van der Waals surface area contributed by atoms with Crippen LogP contribution in [0.25, 0.3) is 0 Å². The summed E-state index contributed by atoms with van der Waals surface area (Å²) >= 11 is 2.80. The molecule has 0 aliphatic rings. The molecule has 7 nitrogen and oxygen atoms in total. The first-order valence-corrected chi connectivity index (χ1v) is 9.41. The maximum absolute atomic E-state index is 12.4. The van der Waals surface area contributed by atoms with Gasteiger partial charge in [0.25, 0.3) is 0 Å². The van der Waals surface area contributed by atoms with Crippen molar-refractivity contribution in [3.63, 3.8) is 0 Å². The topological polar surface area (TPSA) is 85.4 Å². The average molecular weight is 383 g/mol. The fourth-order valence-corrected chi connectivity index (χ4v) is 3.93. The van der Waals surface area contributed by atoms with E-state index < -0.39 is 0 Å². The molecule has 136 valence electrons. The third kappa shape index (κ3) is 5.79. The van der Waals surface area contributed by atoms with E-state index in [9.17, 15) is 4.79 Å². The molecule has 1 aromatic carbocycles. The number of methoxy groups -OCH3 is 2. The van der Waals surface area contributed by atoms with E-state index in [2.05, 4.69) is 20.8 Å². The molecule has 9 heteroatoms. The quantitative estimate of drug-likeness (QED) is 0.676. The number of carbonyl (C=O) groups is 1. The molecule has 0 saturated heterocycles. The van der Waals surface area contributed by atoms with Gasteiger partial charge in [-0.25, -0.2) is 0 Å². The zero-order valence-corrected chi connectivity index (χ0v) is 16.5. The van der Waals surface area contributed by atoms with Crippen LogP contribution in [0, 0.1) is 0 Å². The highest BCUT2D eigenvalue weighted by Crippen LogP contribution is 2.30. The van der Waals surface area contributed by atoms with E-state index in [1.165, 1.54) is 23.1 Å². The lowest BCUT2D eigenvalue weighted by Crippen LogP contribution is -2.22. The largest absolute Gasteiger partial charge is 0.497 e. The van der Waals surface area contributed by atoms with E-state index in [0.29, 0.717) is 17.2 Å². The molecule has 0 aliphatic carbocycles. The summed E-state index contributed by atoms with van der Waals surface area (Å²) in [5.41, 5.74) is 0.619. The normalized spacial score (nSPS) is 11.9. The standard InChI is InChI=1S/C16H22N4O3S2/c1-9(2)17-15-19-20-16(25-15)24-10(3)14(21)18-11-6-12(22-4)8-13(7-11)23-5/h6-10H,1-5H3,(H,17,19)(H,18,21). The molecule has 0 saturated carbocycles. The number of nitrogens with one attached hydrogen (secondary N) is 2. The van der Waals surface area contributed by atoms with Crippen molar-refractivity contribution in [1.82, 2.24) is 10.2 Å². The highest BCUT2D eigenvalue weighted by atomic mass is 32.2. The van der Waals surface area contributed by atoms with E-state index >= 15 is 0 Å². The molecule has 2 aromatic rings. The van der Waals surface area contributed by atoms with Gasteiger partial charge in [-0.2, -0.15) is 0 Å². The lowest BCUT2D eigenvalue weighted by atomic mass is 10.2. The number of rotatable bonds is 8. The minimum absolute atomic E-state index is 0.131. The van der Waals surface area contributed by atoms with Crippen LogP contribution in [0.15, 0.2) is 22.5 Å². The van der Waals surface area contributed by atoms with Crippen LogP contribution in [0.3, 0.4) is 0 Å². The van der Waals surface area contributed by atoms with Crippen molar-refractivity contribution in [3.05, 3.63) is 18.2 Å². The van der Waals surface area contributed by atoms with Gasteiger partial charge in [0, 0.05) is 29.9 Å². The molecule has 25 heavy (non-hydrogen) atoms. The Balaban J connectivity index is 1.99. The summed E-state index contributed by atoms with van der Waals surface area (Å²) < 4.78 is 11.2. The second-order valence-corrected chi connectivity index (χ2v) is 8.09. The number of thioether (sulfide) groups is 1. The molecule has 0 fully saturated rings. The van der Waals surface area contributed by atoms with Crippen LogP contribution in [-0.4, -0.2) is 41.6 Å². The van der Waals surface area contributed by atoms with Gasteiger partial charge in [-0.05, 0) is 20.8 Å². The Kier molecular flexibility index (Phi) is 6.89. The Bertz CT molecular complexity index is 699. The molecule has 1 aromatic heterocycles. The molecule has 2 N–H and O–H groups in total. The van der Waals surface area contributed by atoms with Gasteiger partial charge in [0.15, 0.2) is 4.34 Å². The van der Waals surface area contributed by atoms with Crippen molar-refractivity contribution in [2.75, 3.05) is 24.9 Å². The fourth-order valence-electron chi connectivity index (χ4n) is 1.89. The van der Waals surface area contributed by atoms with Gasteiger partial charge in [-0.1, -0.05) is 23.1 Å². The van der Waals surface area contributed by atoms with E-state index in [1.807, 2.05) is 20.8 Å². The molecule has 0 bridgehead atoms. The van der Waals surface area contributed by atoms with E-state index in [0.717, 1.165) is 9.47 Å². The number of amides is 1. The lowest BCUT2D eigenvalue weighted by Gasteiger charge is -2.12. The van der Waals surface area contributed by atoms with Crippen molar-refractivity contribution in [3.8, 4) is 11.5 Å². The van der Waals surface area contributed by atoms with Crippen molar-refractivity contribution in [2.45, 2.75) is 36.4 Å². The van der Waals surface area contributed by atoms with Gasteiger partial charge in [-0.3, -0.25) is 4.79 Å². The van der Waals surface area contributed by atoms with Gasteiger partial charge in [-0.15, -0.1) is 10.2 Å². The number of hydrogen-bond donors (Lipinski definition) is 2. The number of carbonyl (C=O) groups excluding carboxylic acids is 1. The molecular weight excluding hydrogens is 360 g/mol. The summed E-state index contributed by atoms with van der Waals surface area (Å²) in [4.78, 5) is 12.4. The van der Waals surface area contributed by atoms with Crippen molar-refractivity contribution in [2.24, 2.45) is 0 Å². The predicted octanol–water partition coefficient (Wildman–Crippen LogP) is 3.49. The number of ether oxygens (including phenoxy) is 2. The Morgan fingerprint density at radius 2 is 1.76 bits per heavy atom. The average Bonchev–Trinajstić information content (AvgIpc) is 3.00. The zero-order valence-electron chi connectivity index (χ0n) is 14.8. The summed E-state index contributed by atoms with van der Waals surface area (Å²) in [5.74, 6) is 1.10. The third-order valence-electron chi connectivity index (χ3n) is 3.08. The maximum Gasteiger partial charge on any atom is 0.237 e. The second kappa shape index (κ2) is 8.91. The molecule has 1 amide bonds. The van der Waals surface area contributed by atoms with Gasteiger partial charge in [0.05, 0.1) is 19.5 Å². The third-order valence-corrected chi connectivity index (χ3v) is 5.12. The SMILES string of the molecule is COc1cc(NC(=O)C(C)Sc2nnc(NC(C)C)s2)cc(OC)c1. The van der Waals surface area contributed by atoms with Crippen LogP contribution in [0.1, 0.15) is 20.8 Å². The van der Waals surface area contributed by atoms with Crippen molar-refractivity contribution >= 4 is 39.8 Å². The Labute approximate surface area is 155 Å². The fraction of sp³-hybridized carbons (Fsp3) is 0.438. The van der Waals surface area contributed by atoms with E-state index in [1.54, 1.807) is 32.4 Å². The monoisotopic (exact) mass is 382 g/mol. The van der Waals surface area contributed by atoms with Crippen molar-refractivity contribution < 1.29 is 14.3 Å². The first-order valence-electron chi connectivity index (χ1n) is 7.72. The minimum Gasteiger partial charge on any atom is -0.497 e. The maximum atomic E-state index is 12.4. The number of benzene rings is 1. The van der Waals surface area contributed by atoms with E-state index in [4.69, 9.17) is 9.47 Å².